The highest BCUT2D eigenvalue weighted by atomic mass is 35.5. The molecule has 3 rings (SSSR count). The van der Waals surface area contributed by atoms with Crippen molar-refractivity contribution in [3.63, 3.8) is 0 Å². The van der Waals surface area contributed by atoms with E-state index in [0.29, 0.717) is 23.0 Å². The fourth-order valence-electron chi connectivity index (χ4n) is 2.55. The number of hydrogen-bond donors (Lipinski definition) is 2. The highest BCUT2D eigenvalue weighted by Gasteiger charge is 2.15. The van der Waals surface area contributed by atoms with Crippen LogP contribution in [0.25, 0.3) is 5.65 Å². The van der Waals surface area contributed by atoms with E-state index in [4.69, 9.17) is 16.3 Å². The predicted octanol–water partition coefficient (Wildman–Crippen LogP) is 2.78. The first-order chi connectivity index (χ1) is 12.5. The second kappa shape index (κ2) is 7.49. The van der Waals surface area contributed by atoms with Crippen molar-refractivity contribution in [1.82, 2.24) is 19.9 Å². The van der Waals surface area contributed by atoms with Crippen LogP contribution in [0.3, 0.4) is 0 Å². The molecular weight excluding hydrogens is 356 g/mol. The molecular formula is C17H19ClN6O2. The molecule has 2 aromatic heterocycles. The Morgan fingerprint density at radius 2 is 2.08 bits per heavy atom. The third kappa shape index (κ3) is 3.65. The molecule has 0 bridgehead atoms. The molecule has 8 nitrogen and oxygen atoms in total. The lowest BCUT2D eigenvalue weighted by Crippen LogP contribution is -2.24. The Morgan fingerprint density at radius 3 is 2.73 bits per heavy atom. The summed E-state index contributed by atoms with van der Waals surface area (Å²) in [5, 5.41) is 9.82. The molecule has 0 atom stereocenters. The van der Waals surface area contributed by atoms with Crippen LogP contribution in [0.15, 0.2) is 36.5 Å². The van der Waals surface area contributed by atoms with E-state index in [-0.39, 0.29) is 6.03 Å². The molecule has 0 fully saturated rings. The van der Waals surface area contributed by atoms with Crippen LogP contribution in [-0.4, -0.2) is 41.8 Å². The Hall–Kier alpha value is -3.00. The summed E-state index contributed by atoms with van der Waals surface area (Å²) in [6, 6.07) is 9.20. The van der Waals surface area contributed by atoms with Gasteiger partial charge in [-0.15, -0.1) is 0 Å². The molecule has 26 heavy (non-hydrogen) atoms. The molecule has 0 radical (unpaired) electrons. The van der Waals surface area contributed by atoms with Gasteiger partial charge in [0.15, 0.2) is 5.65 Å². The number of nitrogens with zero attached hydrogens (tertiary/aromatic N) is 4. The van der Waals surface area contributed by atoms with Crippen LogP contribution >= 0.6 is 11.6 Å². The van der Waals surface area contributed by atoms with Crippen LogP contribution in [0.2, 0.25) is 5.15 Å². The highest BCUT2D eigenvalue weighted by Crippen LogP contribution is 2.25. The first kappa shape index (κ1) is 17.8. The van der Waals surface area contributed by atoms with Crippen LogP contribution in [-0.2, 0) is 6.54 Å². The average molecular weight is 375 g/mol. The smallest absolute Gasteiger partial charge is 0.319 e. The van der Waals surface area contributed by atoms with Gasteiger partial charge in [0.25, 0.3) is 0 Å². The molecule has 0 aliphatic heterocycles. The van der Waals surface area contributed by atoms with E-state index in [2.05, 4.69) is 20.7 Å². The molecule has 2 N–H and O–H groups in total. The minimum atomic E-state index is -0.352. The molecule has 0 unspecified atom stereocenters. The number of fused-ring (bicyclic) bond motifs is 1. The zero-order valence-corrected chi connectivity index (χ0v) is 15.4. The Labute approximate surface area is 155 Å². The zero-order valence-electron chi connectivity index (χ0n) is 14.7. The van der Waals surface area contributed by atoms with Crippen LogP contribution < -0.4 is 20.3 Å². The van der Waals surface area contributed by atoms with Crippen molar-refractivity contribution in [2.24, 2.45) is 0 Å². The SMILES string of the molecule is CNC(=O)Nc1cnn2c(N(C)Cc3ccc(OC)cc3)cc(Cl)nc12. The number of rotatable bonds is 5. The quantitative estimate of drug-likeness (QED) is 0.671. The van der Waals surface area contributed by atoms with Gasteiger partial charge in [0.1, 0.15) is 22.4 Å². The summed E-state index contributed by atoms with van der Waals surface area (Å²) >= 11 is 6.19. The zero-order chi connectivity index (χ0) is 18.7. The van der Waals surface area contributed by atoms with Gasteiger partial charge in [-0.25, -0.2) is 9.78 Å². The van der Waals surface area contributed by atoms with Gasteiger partial charge in [0.2, 0.25) is 0 Å². The van der Waals surface area contributed by atoms with Gasteiger partial charge in [-0.1, -0.05) is 23.7 Å². The third-order valence-electron chi connectivity index (χ3n) is 3.87. The van der Waals surface area contributed by atoms with Gasteiger partial charge < -0.3 is 20.3 Å². The van der Waals surface area contributed by atoms with Crippen LogP contribution in [0.5, 0.6) is 5.75 Å². The maximum absolute atomic E-state index is 11.6. The number of hydrogen-bond acceptors (Lipinski definition) is 5. The molecule has 9 heteroatoms. The van der Waals surface area contributed by atoms with E-state index < -0.39 is 0 Å². The summed E-state index contributed by atoms with van der Waals surface area (Å²) in [4.78, 5) is 17.9. The standard InChI is InChI=1S/C17H19ClN6O2/c1-19-17(25)21-13-9-20-24-15(8-14(18)22-16(13)24)23(2)10-11-4-6-12(26-3)7-5-11/h4-9H,10H2,1-3H3,(H2,19,21,25). The fraction of sp³-hybridized carbons (Fsp3) is 0.235. The summed E-state index contributed by atoms with van der Waals surface area (Å²) in [6.07, 6.45) is 1.54. The minimum Gasteiger partial charge on any atom is -0.497 e. The fourth-order valence-corrected chi connectivity index (χ4v) is 2.73. The van der Waals surface area contributed by atoms with Crippen LogP contribution in [0, 0.1) is 0 Å². The third-order valence-corrected chi connectivity index (χ3v) is 4.06. The van der Waals surface area contributed by atoms with E-state index in [0.717, 1.165) is 17.1 Å². The second-order valence-electron chi connectivity index (χ2n) is 5.64. The van der Waals surface area contributed by atoms with Crippen LogP contribution in [0.1, 0.15) is 5.56 Å². The molecule has 2 heterocycles. The van der Waals surface area contributed by atoms with Gasteiger partial charge in [-0.2, -0.15) is 9.61 Å². The monoisotopic (exact) mass is 374 g/mol. The Bertz CT molecular complexity index is 925. The number of carbonyl (C=O) groups excluding carboxylic acids is 1. The number of anilines is 2. The van der Waals surface area contributed by atoms with Crippen molar-refractivity contribution in [2.45, 2.75) is 6.54 Å². The van der Waals surface area contributed by atoms with Gasteiger partial charge in [-0.05, 0) is 17.7 Å². The largest absolute Gasteiger partial charge is 0.497 e. The van der Waals surface area contributed by atoms with E-state index >= 15 is 0 Å². The summed E-state index contributed by atoms with van der Waals surface area (Å²) in [5.41, 5.74) is 2.05. The van der Waals surface area contributed by atoms with Gasteiger partial charge >= 0.3 is 6.03 Å². The lowest BCUT2D eigenvalue weighted by Gasteiger charge is -2.20. The number of halogens is 1. The van der Waals surface area contributed by atoms with E-state index in [1.807, 2.05) is 36.2 Å². The van der Waals surface area contributed by atoms with E-state index in [1.165, 1.54) is 7.05 Å². The minimum absolute atomic E-state index is 0.314. The Morgan fingerprint density at radius 1 is 1.35 bits per heavy atom. The number of aromatic nitrogens is 3. The Balaban J connectivity index is 1.91. The summed E-state index contributed by atoms with van der Waals surface area (Å²) in [7, 11) is 5.11. The number of benzene rings is 1. The lowest BCUT2D eigenvalue weighted by molar-refractivity contribution is 0.254. The summed E-state index contributed by atoms with van der Waals surface area (Å²) in [5.74, 6) is 1.56. The topological polar surface area (TPSA) is 83.8 Å². The number of ether oxygens (including phenoxy) is 1. The number of amides is 2. The highest BCUT2D eigenvalue weighted by molar-refractivity contribution is 6.29. The van der Waals surface area contributed by atoms with Crippen LogP contribution in [0.4, 0.5) is 16.3 Å². The first-order valence-electron chi connectivity index (χ1n) is 7.89. The average Bonchev–Trinajstić information content (AvgIpc) is 3.04. The lowest BCUT2D eigenvalue weighted by atomic mass is 10.2. The summed E-state index contributed by atoms with van der Waals surface area (Å²) in [6.45, 7) is 0.636. The van der Waals surface area contributed by atoms with Gasteiger partial charge in [0.05, 0.1) is 13.3 Å². The van der Waals surface area contributed by atoms with Crippen molar-refractivity contribution in [2.75, 3.05) is 31.4 Å². The maximum atomic E-state index is 11.6. The molecule has 3 aromatic rings. The molecule has 136 valence electrons. The first-order valence-corrected chi connectivity index (χ1v) is 8.26. The van der Waals surface area contributed by atoms with E-state index in [9.17, 15) is 4.79 Å². The molecule has 2 amide bonds. The van der Waals surface area contributed by atoms with Crippen molar-refractivity contribution in [3.05, 3.63) is 47.2 Å². The number of urea groups is 1. The van der Waals surface area contributed by atoms with E-state index in [1.54, 1.807) is 23.9 Å². The van der Waals surface area contributed by atoms with Crippen molar-refractivity contribution in [3.8, 4) is 5.75 Å². The number of carbonyl (C=O) groups is 1. The number of nitrogens with one attached hydrogen (secondary N) is 2. The summed E-state index contributed by atoms with van der Waals surface area (Å²) < 4.78 is 6.82. The molecule has 0 aliphatic rings. The Kier molecular flexibility index (Phi) is 5.13. The molecule has 0 saturated carbocycles. The van der Waals surface area contributed by atoms with Crippen molar-refractivity contribution >= 4 is 34.8 Å². The maximum Gasteiger partial charge on any atom is 0.319 e. The van der Waals surface area contributed by atoms with Gasteiger partial charge in [0, 0.05) is 26.7 Å². The van der Waals surface area contributed by atoms with Crippen molar-refractivity contribution in [1.29, 1.82) is 0 Å². The predicted molar refractivity (Wildman–Crippen MR) is 101 cm³/mol. The van der Waals surface area contributed by atoms with Crippen molar-refractivity contribution < 1.29 is 9.53 Å². The van der Waals surface area contributed by atoms with Gasteiger partial charge in [-0.3, -0.25) is 0 Å². The molecule has 0 aliphatic carbocycles. The molecule has 0 saturated heterocycles. The normalized spacial score (nSPS) is 10.6. The second-order valence-corrected chi connectivity index (χ2v) is 6.03. The molecule has 1 aromatic carbocycles. The number of methoxy groups -OCH3 is 1. The molecule has 0 spiro atoms.